The lowest BCUT2D eigenvalue weighted by atomic mass is 10.1. The van der Waals surface area contributed by atoms with Crippen LogP contribution in [-0.4, -0.2) is 17.0 Å². The van der Waals surface area contributed by atoms with E-state index in [0.717, 1.165) is 5.56 Å². The predicted molar refractivity (Wildman–Crippen MR) is 98.6 cm³/mol. The lowest BCUT2D eigenvalue weighted by Gasteiger charge is -2.08. The Morgan fingerprint density at radius 1 is 0.846 bits per heavy atom. The van der Waals surface area contributed by atoms with Crippen LogP contribution in [0, 0.1) is 0 Å². The molecule has 0 saturated heterocycles. The maximum absolute atomic E-state index is 12.3. The molecule has 3 rings (SSSR count). The highest BCUT2D eigenvalue weighted by molar-refractivity contribution is 6.04. The first-order valence-corrected chi connectivity index (χ1v) is 8.03. The van der Waals surface area contributed by atoms with Gasteiger partial charge in [0.05, 0.1) is 5.56 Å². The first-order valence-electron chi connectivity index (χ1n) is 8.03. The van der Waals surface area contributed by atoms with E-state index in [2.05, 4.69) is 5.32 Å². The average molecular weight is 347 g/mol. The standard InChI is InChI=1S/C21H17NO4/c23-20(22-18-8-4-7-17(13-18)21(24)25)16-9-11-19(12-10-16)26-14-15-5-2-1-3-6-15/h1-13H,14H2,(H,22,23)(H,24,25). The van der Waals surface area contributed by atoms with Gasteiger partial charge in [-0.05, 0) is 48.0 Å². The number of hydrogen-bond acceptors (Lipinski definition) is 3. The van der Waals surface area contributed by atoms with E-state index in [0.29, 0.717) is 23.6 Å². The number of carbonyl (C=O) groups is 2. The molecule has 5 nitrogen and oxygen atoms in total. The van der Waals surface area contributed by atoms with E-state index >= 15 is 0 Å². The monoisotopic (exact) mass is 347 g/mol. The molecular formula is C21H17NO4. The number of ether oxygens (including phenoxy) is 1. The van der Waals surface area contributed by atoms with E-state index < -0.39 is 5.97 Å². The van der Waals surface area contributed by atoms with E-state index in [9.17, 15) is 9.59 Å². The highest BCUT2D eigenvalue weighted by atomic mass is 16.5. The highest BCUT2D eigenvalue weighted by Gasteiger charge is 2.08. The third-order valence-corrected chi connectivity index (χ3v) is 3.73. The fraction of sp³-hybridized carbons (Fsp3) is 0.0476. The third kappa shape index (κ3) is 4.48. The number of carbonyl (C=O) groups excluding carboxylic acids is 1. The van der Waals surface area contributed by atoms with Crippen molar-refractivity contribution >= 4 is 17.6 Å². The van der Waals surface area contributed by atoms with Crippen molar-refractivity contribution in [3.8, 4) is 5.75 Å². The second-order valence-corrected chi connectivity index (χ2v) is 5.64. The average Bonchev–Trinajstić information content (AvgIpc) is 2.68. The molecule has 0 fully saturated rings. The summed E-state index contributed by atoms with van der Waals surface area (Å²) >= 11 is 0. The third-order valence-electron chi connectivity index (χ3n) is 3.73. The molecule has 0 aromatic heterocycles. The smallest absolute Gasteiger partial charge is 0.335 e. The first-order chi connectivity index (χ1) is 12.6. The zero-order chi connectivity index (χ0) is 18.4. The van der Waals surface area contributed by atoms with Gasteiger partial charge in [-0.25, -0.2) is 4.79 Å². The maximum atomic E-state index is 12.3. The fourth-order valence-corrected chi connectivity index (χ4v) is 2.38. The molecule has 26 heavy (non-hydrogen) atoms. The van der Waals surface area contributed by atoms with Crippen LogP contribution in [0.25, 0.3) is 0 Å². The number of aromatic carboxylic acids is 1. The van der Waals surface area contributed by atoms with E-state index in [-0.39, 0.29) is 11.5 Å². The molecule has 1 amide bonds. The van der Waals surface area contributed by atoms with Crippen LogP contribution < -0.4 is 10.1 Å². The molecule has 5 heteroatoms. The lowest BCUT2D eigenvalue weighted by molar-refractivity contribution is 0.0696. The van der Waals surface area contributed by atoms with Gasteiger partial charge in [0, 0.05) is 11.3 Å². The molecule has 0 spiro atoms. The van der Waals surface area contributed by atoms with Crippen LogP contribution in [0.15, 0.2) is 78.9 Å². The number of carboxylic acids is 1. The molecule has 0 aliphatic carbocycles. The van der Waals surface area contributed by atoms with Crippen LogP contribution >= 0.6 is 0 Å². The Morgan fingerprint density at radius 2 is 1.58 bits per heavy atom. The number of carboxylic acid groups (broad SMARTS) is 1. The van der Waals surface area contributed by atoms with Gasteiger partial charge in [-0.1, -0.05) is 36.4 Å². The largest absolute Gasteiger partial charge is 0.489 e. The van der Waals surface area contributed by atoms with Crippen molar-refractivity contribution < 1.29 is 19.4 Å². The molecule has 3 aromatic carbocycles. The molecule has 0 heterocycles. The molecule has 0 aliphatic rings. The van der Waals surface area contributed by atoms with E-state index in [4.69, 9.17) is 9.84 Å². The van der Waals surface area contributed by atoms with Gasteiger partial charge >= 0.3 is 5.97 Å². The molecule has 3 aromatic rings. The predicted octanol–water partition coefficient (Wildman–Crippen LogP) is 4.22. The summed E-state index contributed by atoms with van der Waals surface area (Å²) in [5, 5.41) is 11.7. The summed E-state index contributed by atoms with van der Waals surface area (Å²) in [5.41, 5.74) is 2.07. The number of nitrogens with one attached hydrogen (secondary N) is 1. The Kier molecular flexibility index (Phi) is 5.29. The lowest BCUT2D eigenvalue weighted by Crippen LogP contribution is -2.12. The highest BCUT2D eigenvalue weighted by Crippen LogP contribution is 2.16. The molecule has 130 valence electrons. The number of hydrogen-bond donors (Lipinski definition) is 2. The Balaban J connectivity index is 1.61. The van der Waals surface area contributed by atoms with Crippen LogP contribution in [0.2, 0.25) is 0 Å². The van der Waals surface area contributed by atoms with Gasteiger partial charge in [-0.2, -0.15) is 0 Å². The summed E-state index contributed by atoms with van der Waals surface area (Å²) in [6, 6.07) is 22.7. The summed E-state index contributed by atoms with van der Waals surface area (Å²) in [6.07, 6.45) is 0. The van der Waals surface area contributed by atoms with Gasteiger partial charge in [-0.15, -0.1) is 0 Å². The molecule has 0 bridgehead atoms. The summed E-state index contributed by atoms with van der Waals surface area (Å²) in [7, 11) is 0. The van der Waals surface area contributed by atoms with Gasteiger partial charge in [0.25, 0.3) is 5.91 Å². The number of benzene rings is 3. The Morgan fingerprint density at radius 3 is 2.27 bits per heavy atom. The number of rotatable bonds is 6. The Bertz CT molecular complexity index is 905. The van der Waals surface area contributed by atoms with Gasteiger partial charge in [-0.3, -0.25) is 4.79 Å². The maximum Gasteiger partial charge on any atom is 0.335 e. The van der Waals surface area contributed by atoms with Crippen LogP contribution in [0.1, 0.15) is 26.3 Å². The van der Waals surface area contributed by atoms with E-state index in [1.807, 2.05) is 30.3 Å². The molecule has 0 aliphatic heterocycles. The van der Waals surface area contributed by atoms with E-state index in [1.165, 1.54) is 12.1 Å². The van der Waals surface area contributed by atoms with Crippen LogP contribution in [0.4, 0.5) is 5.69 Å². The Hall–Kier alpha value is -3.60. The van der Waals surface area contributed by atoms with Gasteiger partial charge in [0.15, 0.2) is 0 Å². The van der Waals surface area contributed by atoms with Crippen LogP contribution in [0.5, 0.6) is 5.75 Å². The fourth-order valence-electron chi connectivity index (χ4n) is 2.38. The number of anilines is 1. The normalized spacial score (nSPS) is 10.2. The van der Waals surface area contributed by atoms with Crippen molar-refractivity contribution in [2.24, 2.45) is 0 Å². The Labute approximate surface area is 150 Å². The van der Waals surface area contributed by atoms with Gasteiger partial charge in [0.2, 0.25) is 0 Å². The molecular weight excluding hydrogens is 330 g/mol. The molecule has 2 N–H and O–H groups in total. The zero-order valence-electron chi connectivity index (χ0n) is 13.9. The second kappa shape index (κ2) is 7.98. The SMILES string of the molecule is O=C(O)c1cccc(NC(=O)c2ccc(OCc3ccccc3)cc2)c1. The summed E-state index contributed by atoms with van der Waals surface area (Å²) in [5.74, 6) is -0.693. The summed E-state index contributed by atoms with van der Waals surface area (Å²) in [4.78, 5) is 23.3. The summed E-state index contributed by atoms with van der Waals surface area (Å²) < 4.78 is 5.69. The molecule has 0 atom stereocenters. The number of amides is 1. The second-order valence-electron chi connectivity index (χ2n) is 5.64. The summed E-state index contributed by atoms with van der Waals surface area (Å²) in [6.45, 7) is 0.453. The van der Waals surface area contributed by atoms with Crippen molar-refractivity contribution in [2.75, 3.05) is 5.32 Å². The van der Waals surface area contributed by atoms with Gasteiger partial charge in [0.1, 0.15) is 12.4 Å². The van der Waals surface area contributed by atoms with Crippen LogP contribution in [-0.2, 0) is 6.61 Å². The molecule has 0 unspecified atom stereocenters. The minimum absolute atomic E-state index is 0.118. The minimum Gasteiger partial charge on any atom is -0.489 e. The van der Waals surface area contributed by atoms with Crippen molar-refractivity contribution in [1.82, 2.24) is 0 Å². The van der Waals surface area contributed by atoms with Gasteiger partial charge < -0.3 is 15.2 Å². The van der Waals surface area contributed by atoms with Crippen molar-refractivity contribution in [3.05, 3.63) is 95.6 Å². The minimum atomic E-state index is -1.04. The molecule has 0 saturated carbocycles. The first kappa shape index (κ1) is 17.2. The van der Waals surface area contributed by atoms with Crippen LogP contribution in [0.3, 0.4) is 0 Å². The topological polar surface area (TPSA) is 75.6 Å². The van der Waals surface area contributed by atoms with Crippen molar-refractivity contribution in [2.45, 2.75) is 6.61 Å². The molecule has 0 radical (unpaired) electrons. The van der Waals surface area contributed by atoms with E-state index in [1.54, 1.807) is 36.4 Å². The van der Waals surface area contributed by atoms with Crippen molar-refractivity contribution in [1.29, 1.82) is 0 Å². The zero-order valence-corrected chi connectivity index (χ0v) is 13.9. The van der Waals surface area contributed by atoms with Crippen molar-refractivity contribution in [3.63, 3.8) is 0 Å². The quantitative estimate of drug-likeness (QED) is 0.700.